The third-order valence-corrected chi connectivity index (χ3v) is 3.37. The second-order valence-corrected chi connectivity index (χ2v) is 5.04. The minimum absolute atomic E-state index is 0.179. The Morgan fingerprint density at radius 3 is 2.78 bits per heavy atom. The maximum Gasteiger partial charge on any atom is 0.240 e. The predicted octanol–water partition coefficient (Wildman–Crippen LogP) is 2.34. The summed E-state index contributed by atoms with van der Waals surface area (Å²) in [5.41, 5.74) is 0.800. The summed E-state index contributed by atoms with van der Waals surface area (Å²) < 4.78 is 15.6. The van der Waals surface area contributed by atoms with E-state index in [9.17, 15) is 5.11 Å². The van der Waals surface area contributed by atoms with Gasteiger partial charge in [-0.05, 0) is 19.5 Å². The van der Waals surface area contributed by atoms with E-state index in [1.54, 1.807) is 13.2 Å². The zero-order chi connectivity index (χ0) is 16.7. The molecule has 0 fully saturated rings. The van der Waals surface area contributed by atoms with Crippen LogP contribution in [0.4, 0.5) is 0 Å². The Kier molecular flexibility index (Phi) is 6.37. The normalized spacial score (nSPS) is 11.1. The maximum absolute atomic E-state index is 10.3. The highest BCUT2D eigenvalue weighted by atomic mass is 16.5. The molecule has 23 heavy (non-hydrogen) atoms. The molecule has 0 bridgehead atoms. The molecule has 0 saturated heterocycles. The fraction of sp³-hybridized carbons (Fsp3) is 0.500. The summed E-state index contributed by atoms with van der Waals surface area (Å²) >= 11 is 0. The topological polar surface area (TPSA) is 80.9 Å². The molecule has 1 aromatic carbocycles. The molecule has 1 N–H and O–H groups in total. The molecule has 0 aliphatic rings. The Balaban J connectivity index is 2.05. The summed E-state index contributed by atoms with van der Waals surface area (Å²) in [5, 5.41) is 14.1. The van der Waals surface area contributed by atoms with Gasteiger partial charge in [0.05, 0.1) is 13.2 Å². The van der Waals surface area contributed by atoms with Gasteiger partial charge in [-0.15, -0.1) is 0 Å². The Bertz CT molecular complexity index is 615. The fourth-order valence-electron chi connectivity index (χ4n) is 2.22. The molecule has 0 radical (unpaired) electrons. The molecule has 2 rings (SSSR count). The molecule has 2 aromatic rings. The van der Waals surface area contributed by atoms with E-state index in [-0.39, 0.29) is 5.75 Å². The number of hydrogen-bond donors (Lipinski definition) is 1. The van der Waals surface area contributed by atoms with Gasteiger partial charge in [0.15, 0.2) is 17.3 Å². The van der Waals surface area contributed by atoms with Crippen molar-refractivity contribution >= 4 is 0 Å². The molecule has 1 aromatic heterocycles. The molecule has 1 heterocycles. The van der Waals surface area contributed by atoms with Crippen molar-refractivity contribution in [3.8, 4) is 11.5 Å². The van der Waals surface area contributed by atoms with E-state index in [0.29, 0.717) is 43.8 Å². The van der Waals surface area contributed by atoms with E-state index in [0.717, 1.165) is 12.1 Å². The van der Waals surface area contributed by atoms with Gasteiger partial charge >= 0.3 is 0 Å². The van der Waals surface area contributed by atoms with Gasteiger partial charge < -0.3 is 19.1 Å². The smallest absolute Gasteiger partial charge is 0.240 e. The number of nitrogens with zero attached hydrogens (tertiary/aromatic N) is 3. The van der Waals surface area contributed by atoms with Crippen molar-refractivity contribution in [3.05, 3.63) is 35.5 Å². The van der Waals surface area contributed by atoms with Crippen LogP contribution in [0.15, 0.2) is 22.7 Å². The van der Waals surface area contributed by atoms with Crippen LogP contribution in [0.25, 0.3) is 0 Å². The summed E-state index contributed by atoms with van der Waals surface area (Å²) in [7, 11) is 1.59. The van der Waals surface area contributed by atoms with Crippen molar-refractivity contribution in [1.29, 1.82) is 0 Å². The predicted molar refractivity (Wildman–Crippen MR) is 84.1 cm³/mol. The van der Waals surface area contributed by atoms with E-state index in [1.165, 1.54) is 0 Å². The lowest BCUT2D eigenvalue weighted by atomic mass is 10.1. The van der Waals surface area contributed by atoms with Crippen LogP contribution in [0.3, 0.4) is 0 Å². The van der Waals surface area contributed by atoms with Gasteiger partial charge in [0.2, 0.25) is 5.89 Å². The fourth-order valence-corrected chi connectivity index (χ4v) is 2.22. The van der Waals surface area contributed by atoms with Gasteiger partial charge in [-0.3, -0.25) is 4.90 Å². The van der Waals surface area contributed by atoms with Crippen molar-refractivity contribution in [2.24, 2.45) is 0 Å². The van der Waals surface area contributed by atoms with Gasteiger partial charge in [-0.2, -0.15) is 4.98 Å². The van der Waals surface area contributed by atoms with Crippen molar-refractivity contribution in [2.75, 3.05) is 20.3 Å². The van der Waals surface area contributed by atoms with Gasteiger partial charge in [-0.1, -0.05) is 24.2 Å². The molecule has 7 nitrogen and oxygen atoms in total. The van der Waals surface area contributed by atoms with Crippen LogP contribution in [-0.2, 0) is 24.4 Å². The minimum Gasteiger partial charge on any atom is -0.504 e. The first-order valence-corrected chi connectivity index (χ1v) is 7.64. The number of methoxy groups -OCH3 is 1. The summed E-state index contributed by atoms with van der Waals surface area (Å²) in [4.78, 5) is 6.36. The minimum atomic E-state index is 0.179. The highest BCUT2D eigenvalue weighted by molar-refractivity contribution is 5.45. The number of ether oxygens (including phenoxy) is 2. The molecular formula is C16H23N3O4. The maximum atomic E-state index is 10.3. The lowest BCUT2D eigenvalue weighted by Gasteiger charge is -2.19. The van der Waals surface area contributed by atoms with Crippen molar-refractivity contribution in [3.63, 3.8) is 0 Å². The molecular weight excluding hydrogens is 298 g/mol. The Morgan fingerprint density at radius 2 is 2.09 bits per heavy atom. The molecule has 7 heteroatoms. The third kappa shape index (κ3) is 4.67. The third-order valence-electron chi connectivity index (χ3n) is 3.37. The molecule has 0 aliphatic heterocycles. The van der Waals surface area contributed by atoms with Crippen LogP contribution >= 0.6 is 0 Å². The average molecular weight is 321 g/mol. The second kappa shape index (κ2) is 8.50. The van der Waals surface area contributed by atoms with E-state index < -0.39 is 0 Å². The number of rotatable bonds is 9. The van der Waals surface area contributed by atoms with Crippen LogP contribution < -0.4 is 4.74 Å². The highest BCUT2D eigenvalue weighted by Gasteiger charge is 2.14. The van der Waals surface area contributed by atoms with Gasteiger partial charge in [-0.25, -0.2) is 0 Å². The van der Waals surface area contributed by atoms with Gasteiger partial charge in [0.1, 0.15) is 6.61 Å². The highest BCUT2D eigenvalue weighted by Crippen LogP contribution is 2.30. The summed E-state index contributed by atoms with van der Waals surface area (Å²) in [6, 6.07) is 5.51. The SMILES string of the molecule is CCOc1cccc(CN(CC)Cc2nc(COC)no2)c1O. The number of hydrogen-bond acceptors (Lipinski definition) is 7. The molecule has 0 aliphatic carbocycles. The van der Waals surface area contributed by atoms with Crippen LogP contribution in [0.2, 0.25) is 0 Å². The largest absolute Gasteiger partial charge is 0.504 e. The van der Waals surface area contributed by atoms with Crippen LogP contribution in [0, 0.1) is 0 Å². The average Bonchev–Trinajstić information content (AvgIpc) is 2.98. The lowest BCUT2D eigenvalue weighted by Crippen LogP contribution is -2.22. The first-order valence-electron chi connectivity index (χ1n) is 7.64. The van der Waals surface area contributed by atoms with E-state index in [1.807, 2.05) is 26.0 Å². The zero-order valence-electron chi connectivity index (χ0n) is 13.8. The van der Waals surface area contributed by atoms with E-state index in [2.05, 4.69) is 15.0 Å². The zero-order valence-corrected chi connectivity index (χ0v) is 13.8. The van der Waals surface area contributed by atoms with Crippen LogP contribution in [0.5, 0.6) is 11.5 Å². The number of aromatic hydroxyl groups is 1. The van der Waals surface area contributed by atoms with Crippen molar-refractivity contribution in [2.45, 2.75) is 33.5 Å². The quantitative estimate of drug-likeness (QED) is 0.759. The molecule has 0 unspecified atom stereocenters. The Hall–Kier alpha value is -2.12. The number of aromatic nitrogens is 2. The summed E-state index contributed by atoms with van der Waals surface area (Å²) in [5.74, 6) is 1.73. The number of para-hydroxylation sites is 1. The van der Waals surface area contributed by atoms with Crippen LogP contribution in [0.1, 0.15) is 31.1 Å². The summed E-state index contributed by atoms with van der Waals surface area (Å²) in [6.45, 7) is 6.61. The molecule has 0 saturated carbocycles. The van der Waals surface area contributed by atoms with Crippen LogP contribution in [-0.4, -0.2) is 40.4 Å². The number of phenols is 1. The standard InChI is InChI=1S/C16H23N3O4/c1-4-19(10-15-17-14(11-21-3)18-23-15)9-12-7-6-8-13(16(12)20)22-5-2/h6-8,20H,4-5,9-11H2,1-3H3. The van der Waals surface area contributed by atoms with Gasteiger partial charge in [0, 0.05) is 19.2 Å². The van der Waals surface area contributed by atoms with Gasteiger partial charge in [0.25, 0.3) is 0 Å². The molecule has 0 atom stereocenters. The molecule has 0 amide bonds. The summed E-state index contributed by atoms with van der Waals surface area (Å²) in [6.07, 6.45) is 0. The Labute approximate surface area is 135 Å². The number of phenolic OH excluding ortho intramolecular Hbond substituents is 1. The second-order valence-electron chi connectivity index (χ2n) is 5.04. The monoisotopic (exact) mass is 321 g/mol. The first kappa shape index (κ1) is 17.2. The van der Waals surface area contributed by atoms with E-state index >= 15 is 0 Å². The molecule has 126 valence electrons. The Morgan fingerprint density at radius 1 is 1.26 bits per heavy atom. The first-order chi connectivity index (χ1) is 11.2. The lowest BCUT2D eigenvalue weighted by molar-refractivity contribution is 0.174. The number of benzene rings is 1. The van der Waals surface area contributed by atoms with Crippen molar-refractivity contribution < 1.29 is 19.1 Å². The van der Waals surface area contributed by atoms with Crippen molar-refractivity contribution in [1.82, 2.24) is 15.0 Å². The molecule has 0 spiro atoms. The van der Waals surface area contributed by atoms with E-state index in [4.69, 9.17) is 14.0 Å².